The summed E-state index contributed by atoms with van der Waals surface area (Å²) in [6.45, 7) is 2.31. The number of aromatic nitrogens is 4. The third-order valence-corrected chi connectivity index (χ3v) is 5.33. The molecule has 1 aromatic carbocycles. The number of nitrogens with zero attached hydrogens (tertiary/aromatic N) is 5. The van der Waals surface area contributed by atoms with Crippen LogP contribution in [0, 0.1) is 0 Å². The minimum absolute atomic E-state index is 0.320. The number of ether oxygens (including phenoxy) is 3. The van der Waals surface area contributed by atoms with E-state index in [4.69, 9.17) is 19.2 Å². The van der Waals surface area contributed by atoms with Crippen LogP contribution < -0.4 is 14.4 Å². The first-order valence-electron chi connectivity index (χ1n) is 10.1. The Labute approximate surface area is 176 Å². The van der Waals surface area contributed by atoms with Gasteiger partial charge in [-0.3, -0.25) is 4.57 Å². The van der Waals surface area contributed by atoms with Crippen LogP contribution in [0.15, 0.2) is 49.2 Å². The first-order chi connectivity index (χ1) is 14.8. The number of imidazole rings is 1. The molecule has 0 spiro atoms. The highest BCUT2D eigenvalue weighted by Crippen LogP contribution is 2.28. The summed E-state index contributed by atoms with van der Waals surface area (Å²) in [7, 11) is 3.29. The lowest BCUT2D eigenvalue weighted by molar-refractivity contribution is 0.124. The summed E-state index contributed by atoms with van der Waals surface area (Å²) in [6, 6.07) is 8.26. The molecule has 8 nitrogen and oxygen atoms in total. The van der Waals surface area contributed by atoms with Crippen LogP contribution in [0.4, 0.5) is 5.82 Å². The molecule has 0 radical (unpaired) electrons. The van der Waals surface area contributed by atoms with Crippen LogP contribution in [0.5, 0.6) is 11.5 Å². The third kappa shape index (κ3) is 4.54. The van der Waals surface area contributed by atoms with Crippen LogP contribution in [0.3, 0.4) is 0 Å². The Hall–Kier alpha value is -3.13. The predicted molar refractivity (Wildman–Crippen MR) is 114 cm³/mol. The number of benzene rings is 1. The molecule has 1 aliphatic rings. The third-order valence-electron chi connectivity index (χ3n) is 5.33. The van der Waals surface area contributed by atoms with Crippen LogP contribution in [-0.2, 0) is 11.2 Å². The second kappa shape index (κ2) is 9.58. The molecular formula is C22H27N5O3. The van der Waals surface area contributed by atoms with Crippen molar-refractivity contribution in [2.45, 2.75) is 25.3 Å². The lowest BCUT2D eigenvalue weighted by atomic mass is 10.1. The van der Waals surface area contributed by atoms with Crippen molar-refractivity contribution in [3.8, 4) is 17.4 Å². The van der Waals surface area contributed by atoms with E-state index in [0.717, 1.165) is 48.7 Å². The van der Waals surface area contributed by atoms with E-state index >= 15 is 0 Å². The Morgan fingerprint density at radius 2 is 2.00 bits per heavy atom. The zero-order valence-electron chi connectivity index (χ0n) is 17.4. The molecule has 0 unspecified atom stereocenters. The zero-order chi connectivity index (χ0) is 20.8. The van der Waals surface area contributed by atoms with Gasteiger partial charge < -0.3 is 19.1 Å². The molecule has 1 saturated heterocycles. The van der Waals surface area contributed by atoms with E-state index in [0.29, 0.717) is 25.2 Å². The molecule has 0 amide bonds. The molecule has 0 bridgehead atoms. The van der Waals surface area contributed by atoms with Crippen LogP contribution in [0.2, 0.25) is 0 Å². The van der Waals surface area contributed by atoms with Crippen LogP contribution in [-0.4, -0.2) is 59.5 Å². The van der Waals surface area contributed by atoms with Gasteiger partial charge in [0.25, 0.3) is 0 Å². The molecule has 158 valence electrons. The van der Waals surface area contributed by atoms with E-state index in [1.807, 2.05) is 35.0 Å². The molecule has 0 N–H and O–H groups in total. The van der Waals surface area contributed by atoms with Gasteiger partial charge >= 0.3 is 0 Å². The molecule has 0 saturated carbocycles. The SMILES string of the molecule is COc1ccc(CCOC[C@H]2CCCN2c2ccnc(-n3ccnc3)n2)cc1OC. The van der Waals surface area contributed by atoms with Crippen molar-refractivity contribution in [1.82, 2.24) is 19.5 Å². The van der Waals surface area contributed by atoms with Crippen molar-refractivity contribution in [3.63, 3.8) is 0 Å². The largest absolute Gasteiger partial charge is 0.493 e. The lowest BCUT2D eigenvalue weighted by Gasteiger charge is -2.25. The average Bonchev–Trinajstić information content (AvgIpc) is 3.49. The Morgan fingerprint density at radius 1 is 1.10 bits per heavy atom. The number of hydrogen-bond acceptors (Lipinski definition) is 7. The summed E-state index contributed by atoms with van der Waals surface area (Å²) >= 11 is 0. The highest BCUT2D eigenvalue weighted by Gasteiger charge is 2.26. The summed E-state index contributed by atoms with van der Waals surface area (Å²) in [5.74, 6) is 3.04. The molecule has 8 heteroatoms. The fourth-order valence-electron chi connectivity index (χ4n) is 3.76. The van der Waals surface area contributed by atoms with E-state index in [9.17, 15) is 0 Å². The molecule has 3 aromatic rings. The van der Waals surface area contributed by atoms with Crippen molar-refractivity contribution in [2.24, 2.45) is 0 Å². The fourth-order valence-corrected chi connectivity index (χ4v) is 3.76. The van der Waals surface area contributed by atoms with Crippen LogP contribution in [0.25, 0.3) is 5.95 Å². The zero-order valence-corrected chi connectivity index (χ0v) is 17.4. The molecular weight excluding hydrogens is 382 g/mol. The monoisotopic (exact) mass is 409 g/mol. The maximum Gasteiger partial charge on any atom is 0.236 e. The highest BCUT2D eigenvalue weighted by atomic mass is 16.5. The first-order valence-corrected chi connectivity index (χ1v) is 10.1. The summed E-state index contributed by atoms with van der Waals surface area (Å²) < 4.78 is 18.5. The van der Waals surface area contributed by atoms with E-state index in [1.54, 1.807) is 32.9 Å². The Balaban J connectivity index is 1.32. The number of methoxy groups -OCH3 is 2. The van der Waals surface area contributed by atoms with Gasteiger partial charge in [-0.15, -0.1) is 0 Å². The molecule has 0 aliphatic carbocycles. The quantitative estimate of drug-likeness (QED) is 0.503. The maximum atomic E-state index is 6.03. The smallest absolute Gasteiger partial charge is 0.236 e. The minimum atomic E-state index is 0.320. The van der Waals surface area contributed by atoms with Gasteiger partial charge in [-0.25, -0.2) is 9.97 Å². The minimum Gasteiger partial charge on any atom is -0.493 e. The second-order valence-corrected chi connectivity index (χ2v) is 7.19. The Kier molecular flexibility index (Phi) is 6.44. The van der Waals surface area contributed by atoms with Gasteiger partial charge in [-0.05, 0) is 43.0 Å². The number of rotatable bonds is 9. The van der Waals surface area contributed by atoms with E-state index in [-0.39, 0.29) is 0 Å². The van der Waals surface area contributed by atoms with Crippen molar-refractivity contribution in [3.05, 3.63) is 54.7 Å². The van der Waals surface area contributed by atoms with Crippen molar-refractivity contribution in [1.29, 1.82) is 0 Å². The normalized spacial score (nSPS) is 16.1. The second-order valence-electron chi connectivity index (χ2n) is 7.19. The maximum absolute atomic E-state index is 6.03. The van der Waals surface area contributed by atoms with Gasteiger partial charge in [0.2, 0.25) is 5.95 Å². The van der Waals surface area contributed by atoms with E-state index < -0.39 is 0 Å². The van der Waals surface area contributed by atoms with Gasteiger partial charge in [-0.1, -0.05) is 6.07 Å². The van der Waals surface area contributed by atoms with E-state index in [2.05, 4.69) is 14.9 Å². The van der Waals surface area contributed by atoms with Gasteiger partial charge in [0, 0.05) is 25.1 Å². The lowest BCUT2D eigenvalue weighted by Crippen LogP contribution is -2.34. The van der Waals surface area contributed by atoms with E-state index in [1.165, 1.54) is 0 Å². The van der Waals surface area contributed by atoms with Crippen molar-refractivity contribution in [2.75, 3.05) is 38.9 Å². The topological polar surface area (TPSA) is 74.5 Å². The Bertz CT molecular complexity index is 948. The molecule has 3 heterocycles. The standard InChI is InChI=1S/C22H27N5O3/c1-28-19-6-5-17(14-20(19)29-2)8-13-30-15-18-4-3-11-27(18)21-7-9-24-22(25-21)26-12-10-23-16-26/h5-7,9-10,12,14,16,18H,3-4,8,11,13,15H2,1-2H3/t18-/m1/s1. The summed E-state index contributed by atoms with van der Waals surface area (Å²) in [5, 5.41) is 0. The Morgan fingerprint density at radius 3 is 2.80 bits per heavy atom. The van der Waals surface area contributed by atoms with Crippen LogP contribution in [0.1, 0.15) is 18.4 Å². The van der Waals surface area contributed by atoms with Gasteiger partial charge in [0.05, 0.1) is 33.5 Å². The highest BCUT2D eigenvalue weighted by molar-refractivity contribution is 5.43. The van der Waals surface area contributed by atoms with Gasteiger partial charge in [0.15, 0.2) is 11.5 Å². The van der Waals surface area contributed by atoms with Crippen molar-refractivity contribution >= 4 is 5.82 Å². The van der Waals surface area contributed by atoms with Crippen molar-refractivity contribution < 1.29 is 14.2 Å². The van der Waals surface area contributed by atoms with Crippen LogP contribution >= 0.6 is 0 Å². The summed E-state index contributed by atoms with van der Waals surface area (Å²) in [5.41, 5.74) is 1.16. The number of anilines is 1. The fraction of sp³-hybridized carbons (Fsp3) is 0.409. The molecule has 30 heavy (non-hydrogen) atoms. The average molecular weight is 409 g/mol. The first kappa shape index (κ1) is 20.2. The van der Waals surface area contributed by atoms with Gasteiger partial charge in [0.1, 0.15) is 12.1 Å². The molecule has 2 aromatic heterocycles. The molecule has 4 rings (SSSR count). The molecule has 1 aliphatic heterocycles. The summed E-state index contributed by atoms with van der Waals surface area (Å²) in [4.78, 5) is 15.5. The van der Waals surface area contributed by atoms with Gasteiger partial charge in [-0.2, -0.15) is 4.98 Å². The summed E-state index contributed by atoms with van der Waals surface area (Å²) in [6.07, 6.45) is 10.1. The molecule has 1 atom stereocenters. The number of hydrogen-bond donors (Lipinski definition) is 0. The predicted octanol–water partition coefficient (Wildman–Crippen LogP) is 2.91. The molecule has 1 fully saturated rings.